The number of rotatable bonds is 5. The fourth-order valence-electron chi connectivity index (χ4n) is 7.08. The molecule has 232 valence electrons. The number of ether oxygens (including phenoxy) is 1. The van der Waals surface area contributed by atoms with Crippen LogP contribution in [-0.4, -0.2) is 63.6 Å². The van der Waals surface area contributed by atoms with E-state index < -0.39 is 105 Å². The number of benzene rings is 2. The van der Waals surface area contributed by atoms with E-state index >= 15 is 8.78 Å². The topological polar surface area (TPSA) is 104 Å². The third-order valence-electron chi connectivity index (χ3n) is 9.02. The van der Waals surface area contributed by atoms with Crippen molar-refractivity contribution in [3.63, 3.8) is 0 Å². The number of allylic oxidation sites excluding steroid dienone is 2. The molecule has 6 atom stereocenters. The number of nitrogens with zero attached hydrogens (tertiary/aromatic N) is 2. The van der Waals surface area contributed by atoms with Crippen molar-refractivity contribution >= 4 is 52.5 Å². The van der Waals surface area contributed by atoms with Gasteiger partial charge in [0.25, 0.3) is 11.8 Å². The van der Waals surface area contributed by atoms with Crippen LogP contribution in [0, 0.1) is 46.8 Å². The highest BCUT2D eigenvalue weighted by atomic mass is 35.5. The number of para-hydroxylation sites is 1. The summed E-state index contributed by atoms with van der Waals surface area (Å²) in [6.45, 7) is -0.645. The number of anilines is 1. The maximum Gasteiger partial charge on any atom is 0.258 e. The lowest BCUT2D eigenvalue weighted by Crippen LogP contribution is -2.60. The number of hydrogen-bond donors (Lipinski definition) is 1. The van der Waals surface area contributed by atoms with E-state index in [2.05, 4.69) is 0 Å². The predicted molar refractivity (Wildman–Crippen MR) is 143 cm³/mol. The number of carbonyl (C=O) groups excluding carboxylic acids is 4. The number of alkyl halides is 2. The molecule has 2 heterocycles. The molecule has 1 N–H and O–H groups in total. The van der Waals surface area contributed by atoms with Gasteiger partial charge >= 0.3 is 0 Å². The van der Waals surface area contributed by atoms with Crippen LogP contribution in [0.1, 0.15) is 24.3 Å². The van der Waals surface area contributed by atoms with Crippen molar-refractivity contribution in [3.8, 4) is 5.75 Å². The van der Waals surface area contributed by atoms with Gasteiger partial charge in [0.05, 0.1) is 18.4 Å². The molecule has 2 aliphatic heterocycles. The first-order valence-electron chi connectivity index (χ1n) is 13.4. The van der Waals surface area contributed by atoms with E-state index in [9.17, 15) is 37.5 Å². The molecule has 4 amide bonds. The van der Waals surface area contributed by atoms with Gasteiger partial charge in [-0.1, -0.05) is 29.8 Å². The molecule has 0 spiro atoms. The Balaban J connectivity index is 1.62. The highest BCUT2D eigenvalue weighted by Crippen LogP contribution is 2.66. The Morgan fingerprint density at radius 3 is 2.16 bits per heavy atom. The highest BCUT2D eigenvalue weighted by Gasteiger charge is 2.77. The smallest absolute Gasteiger partial charge is 0.258 e. The number of carbonyl (C=O) groups is 4. The lowest BCUT2D eigenvalue weighted by atomic mass is 9.56. The molecular formula is C29H21Cl2F5N2O6. The van der Waals surface area contributed by atoms with Gasteiger partial charge in [0.1, 0.15) is 18.0 Å². The third-order valence-corrected chi connectivity index (χ3v) is 10.4. The van der Waals surface area contributed by atoms with Gasteiger partial charge in [-0.3, -0.25) is 24.1 Å². The summed E-state index contributed by atoms with van der Waals surface area (Å²) in [5.74, 6) is -20.8. The number of aliphatic hydroxyl groups is 1. The molecule has 0 unspecified atom stereocenters. The minimum atomic E-state index is -2.66. The van der Waals surface area contributed by atoms with Crippen LogP contribution in [0.2, 0.25) is 0 Å². The molecule has 0 radical (unpaired) electrons. The second-order valence-electron chi connectivity index (χ2n) is 11.0. The van der Waals surface area contributed by atoms with Crippen LogP contribution >= 0.6 is 23.2 Å². The second-order valence-corrected chi connectivity index (χ2v) is 12.3. The summed E-state index contributed by atoms with van der Waals surface area (Å²) < 4.78 is 78.3. The minimum absolute atomic E-state index is 0.0350. The normalized spacial score (nSPS) is 31.2. The number of hydrogen-bond acceptors (Lipinski definition) is 6. The van der Waals surface area contributed by atoms with Crippen LogP contribution in [0.15, 0.2) is 35.9 Å². The van der Waals surface area contributed by atoms with Gasteiger partial charge in [-0.05, 0) is 24.8 Å². The van der Waals surface area contributed by atoms with E-state index in [1.165, 1.54) is 25.2 Å². The van der Waals surface area contributed by atoms with E-state index in [1.807, 2.05) is 0 Å². The molecule has 2 aromatic rings. The molecule has 15 heteroatoms. The quantitative estimate of drug-likeness (QED) is 0.130. The number of fused-ring (bicyclic) bond motifs is 4. The molecule has 3 fully saturated rings. The molecule has 1 saturated carbocycles. The number of imide groups is 2. The van der Waals surface area contributed by atoms with Crippen LogP contribution in [0.4, 0.5) is 27.6 Å². The van der Waals surface area contributed by atoms with Crippen molar-refractivity contribution in [2.75, 3.05) is 25.2 Å². The Morgan fingerprint density at radius 1 is 0.909 bits per heavy atom. The zero-order valence-corrected chi connectivity index (χ0v) is 24.1. The van der Waals surface area contributed by atoms with Gasteiger partial charge in [0, 0.05) is 18.5 Å². The molecule has 6 rings (SSSR count). The zero-order valence-electron chi connectivity index (χ0n) is 22.6. The monoisotopic (exact) mass is 658 g/mol. The first-order chi connectivity index (χ1) is 20.7. The Labute approximate surface area is 255 Å². The molecule has 2 saturated heterocycles. The number of amides is 4. The largest absolute Gasteiger partial charge is 0.491 e. The summed E-state index contributed by atoms with van der Waals surface area (Å²) in [6, 6.07) is 5.99. The first kappa shape index (κ1) is 30.5. The fourth-order valence-corrected chi connectivity index (χ4v) is 8.00. The van der Waals surface area contributed by atoms with E-state index in [0.717, 1.165) is 4.90 Å². The Morgan fingerprint density at radius 2 is 1.52 bits per heavy atom. The van der Waals surface area contributed by atoms with Crippen molar-refractivity contribution in [2.24, 2.45) is 17.8 Å². The lowest BCUT2D eigenvalue weighted by molar-refractivity contribution is -0.138. The molecule has 4 aliphatic rings. The van der Waals surface area contributed by atoms with Crippen molar-refractivity contribution in [3.05, 3.63) is 70.6 Å². The summed E-state index contributed by atoms with van der Waals surface area (Å²) >= 11 is 14.1. The summed E-state index contributed by atoms with van der Waals surface area (Å²) in [6.07, 6.45) is 1.03. The number of likely N-dealkylation sites (tertiary alicyclic amines) is 1. The average molecular weight is 659 g/mol. The zero-order chi connectivity index (χ0) is 32.0. The highest BCUT2D eigenvalue weighted by molar-refractivity contribution is 6.58. The van der Waals surface area contributed by atoms with Crippen LogP contribution in [0.25, 0.3) is 0 Å². The number of aliphatic hydroxyl groups excluding tert-OH is 1. The first-order valence-corrected chi connectivity index (χ1v) is 14.1. The predicted octanol–water partition coefficient (Wildman–Crippen LogP) is 3.95. The maximum absolute atomic E-state index is 15.1. The van der Waals surface area contributed by atoms with Gasteiger partial charge in [-0.15, -0.1) is 23.2 Å². The molecule has 0 aromatic heterocycles. The molecule has 44 heavy (non-hydrogen) atoms. The summed E-state index contributed by atoms with van der Waals surface area (Å²) in [7, 11) is 1.29. The SMILES string of the molecule is CN1C(=O)[C@H]2[C@H](CC=C3[C@H]2C[C@@]2(Cl)C(=O)N(c4c(F)c(F)c(F)c(F)c4F)C(=O)[C@@]2(Cl)[C@H]3c2ccccc2OCCO)C1=O. The van der Waals surface area contributed by atoms with Gasteiger partial charge in [-0.2, -0.15) is 0 Å². The van der Waals surface area contributed by atoms with Crippen LogP contribution in [-0.2, 0) is 19.2 Å². The lowest BCUT2D eigenvalue weighted by Gasteiger charge is -2.50. The van der Waals surface area contributed by atoms with E-state index in [-0.39, 0.29) is 29.2 Å². The van der Waals surface area contributed by atoms with E-state index in [4.69, 9.17) is 27.9 Å². The maximum atomic E-state index is 15.1. The third kappa shape index (κ3) is 3.72. The minimum Gasteiger partial charge on any atom is -0.491 e. The van der Waals surface area contributed by atoms with Gasteiger partial charge in [-0.25, -0.2) is 26.9 Å². The standard InChI is InChI=1S/C29H21Cl2F5N2O6/c1-37-24(40)13-7-6-11-14(16(13)25(37)41)10-28(30)26(42)38(23-21(35)19(33)18(32)20(34)22(23)36)27(43)29(28,31)17(11)12-4-2-3-5-15(12)44-9-8-39/h2-6,13-14,16-17,39H,7-10H2,1H3/t13-,14+,16-,17+,28+,29-/m0/s1. The van der Waals surface area contributed by atoms with Crippen molar-refractivity contribution in [2.45, 2.75) is 28.5 Å². The molecular weight excluding hydrogens is 638 g/mol. The van der Waals surface area contributed by atoms with Gasteiger partial charge in [0.15, 0.2) is 33.0 Å². The summed E-state index contributed by atoms with van der Waals surface area (Å²) in [4.78, 5) is 50.0. The van der Waals surface area contributed by atoms with Gasteiger partial charge < -0.3 is 9.84 Å². The summed E-state index contributed by atoms with van der Waals surface area (Å²) in [5.41, 5.74) is -1.42. The fraction of sp³-hybridized carbons (Fsp3) is 0.379. The Bertz CT molecular complexity index is 1680. The van der Waals surface area contributed by atoms with Gasteiger partial charge in [0.2, 0.25) is 17.6 Å². The second kappa shape index (κ2) is 10.2. The molecule has 0 bridgehead atoms. The van der Waals surface area contributed by atoms with E-state index in [1.54, 1.807) is 12.1 Å². The number of halogens is 7. The Hall–Kier alpha value is -3.55. The van der Waals surface area contributed by atoms with E-state index in [0.29, 0.717) is 5.57 Å². The van der Waals surface area contributed by atoms with Crippen LogP contribution in [0.5, 0.6) is 5.75 Å². The van der Waals surface area contributed by atoms with Crippen LogP contribution < -0.4 is 9.64 Å². The van der Waals surface area contributed by atoms with Crippen molar-refractivity contribution in [1.82, 2.24) is 4.90 Å². The molecule has 2 aliphatic carbocycles. The Kier molecular flexibility index (Phi) is 7.10. The molecule has 8 nitrogen and oxygen atoms in total. The summed E-state index contributed by atoms with van der Waals surface area (Å²) in [5, 5.41) is 9.37. The average Bonchev–Trinajstić information content (AvgIpc) is 3.32. The van der Waals surface area contributed by atoms with Crippen molar-refractivity contribution < 1.29 is 51.0 Å². The molecule has 2 aromatic carbocycles. The van der Waals surface area contributed by atoms with Crippen molar-refractivity contribution in [1.29, 1.82) is 0 Å². The van der Waals surface area contributed by atoms with Crippen LogP contribution in [0.3, 0.4) is 0 Å².